The van der Waals surface area contributed by atoms with E-state index in [9.17, 15) is 8.78 Å². The number of aliphatic imine (C=N–C) groups is 3. The van der Waals surface area contributed by atoms with E-state index in [0.717, 1.165) is 36.0 Å². The van der Waals surface area contributed by atoms with Crippen LogP contribution in [0.2, 0.25) is 0 Å². The fourth-order valence-corrected chi connectivity index (χ4v) is 3.36. The van der Waals surface area contributed by atoms with Crippen LogP contribution in [0, 0.1) is 11.6 Å². The van der Waals surface area contributed by atoms with Crippen molar-refractivity contribution >= 4 is 17.8 Å². The van der Waals surface area contributed by atoms with Crippen LogP contribution in [0.1, 0.15) is 30.7 Å². The predicted octanol–water partition coefficient (Wildman–Crippen LogP) is 5.74. The van der Waals surface area contributed by atoms with Gasteiger partial charge < -0.3 is 9.42 Å². The van der Waals surface area contributed by atoms with E-state index in [1.807, 2.05) is 6.07 Å². The van der Waals surface area contributed by atoms with Crippen LogP contribution in [-0.2, 0) is 13.0 Å². The lowest BCUT2D eigenvalue weighted by Gasteiger charge is -2.09. The van der Waals surface area contributed by atoms with E-state index in [0.29, 0.717) is 11.4 Å². The van der Waals surface area contributed by atoms with E-state index in [1.165, 1.54) is 23.9 Å². The molecule has 182 valence electrons. The maximum Gasteiger partial charge on any atom is 0.169 e. The maximum absolute atomic E-state index is 13.6. The smallest absolute Gasteiger partial charge is 0.169 e. The van der Waals surface area contributed by atoms with Gasteiger partial charge in [0.1, 0.15) is 17.2 Å². The van der Waals surface area contributed by atoms with Gasteiger partial charge in [-0.15, -0.1) is 0 Å². The van der Waals surface area contributed by atoms with Crippen molar-refractivity contribution in [2.24, 2.45) is 15.0 Å². The van der Waals surface area contributed by atoms with E-state index in [-0.39, 0.29) is 11.4 Å². The zero-order valence-corrected chi connectivity index (χ0v) is 20.6. The van der Waals surface area contributed by atoms with Crippen molar-refractivity contribution in [3.05, 3.63) is 88.8 Å². The summed E-state index contributed by atoms with van der Waals surface area (Å²) in [6, 6.07) is 14.4. The summed E-state index contributed by atoms with van der Waals surface area (Å²) in [5, 5.41) is 4.06. The largest absolute Gasteiger partial charge is 0.361 e. The molecule has 0 atom stereocenters. The van der Waals surface area contributed by atoms with Gasteiger partial charge >= 0.3 is 0 Å². The number of aromatic nitrogens is 1. The van der Waals surface area contributed by atoms with Crippen LogP contribution >= 0.6 is 0 Å². The second-order valence-corrected chi connectivity index (χ2v) is 8.06. The van der Waals surface area contributed by atoms with Gasteiger partial charge in [0.2, 0.25) is 0 Å². The third-order valence-corrected chi connectivity index (χ3v) is 5.09. The molecule has 0 aliphatic carbocycles. The maximum atomic E-state index is 13.6. The van der Waals surface area contributed by atoms with Gasteiger partial charge in [-0.2, -0.15) is 0 Å². The van der Waals surface area contributed by atoms with Gasteiger partial charge in [0.15, 0.2) is 17.5 Å². The summed E-state index contributed by atoms with van der Waals surface area (Å²) in [4.78, 5) is 14.3. The van der Waals surface area contributed by atoms with Crippen molar-refractivity contribution in [2.45, 2.75) is 26.8 Å². The highest BCUT2D eigenvalue weighted by Crippen LogP contribution is 2.21. The molecule has 0 bridgehead atoms. The first-order valence-corrected chi connectivity index (χ1v) is 11.3. The van der Waals surface area contributed by atoms with Gasteiger partial charge in [-0.05, 0) is 38.7 Å². The first-order chi connectivity index (χ1) is 16.9. The molecular weight excluding hydrogens is 448 g/mol. The Labute approximate surface area is 204 Å². The Hall–Kier alpha value is -3.78. The molecule has 3 aromatic rings. The van der Waals surface area contributed by atoms with Crippen molar-refractivity contribution in [3.63, 3.8) is 0 Å². The van der Waals surface area contributed by atoms with Crippen LogP contribution in [0.3, 0.4) is 0 Å². The molecule has 4 rings (SSSR count). The Bertz CT molecular complexity index is 1270. The van der Waals surface area contributed by atoms with E-state index in [4.69, 9.17) is 4.52 Å². The van der Waals surface area contributed by atoms with E-state index < -0.39 is 11.6 Å². The minimum Gasteiger partial charge on any atom is -0.361 e. The number of benzene rings is 2. The van der Waals surface area contributed by atoms with Crippen LogP contribution in [-0.4, -0.2) is 49.0 Å². The third kappa shape index (κ3) is 6.64. The highest BCUT2D eigenvalue weighted by molar-refractivity contribution is 6.42. The zero-order valence-electron chi connectivity index (χ0n) is 20.6. The molecule has 0 saturated heterocycles. The summed E-state index contributed by atoms with van der Waals surface area (Å²) in [5.74, 6) is -0.762. The molecule has 0 spiro atoms. The topological polar surface area (TPSA) is 66.3 Å². The lowest BCUT2D eigenvalue weighted by atomic mass is 10.1. The summed E-state index contributed by atoms with van der Waals surface area (Å²) >= 11 is 0. The van der Waals surface area contributed by atoms with E-state index in [2.05, 4.69) is 70.3 Å². The molecule has 8 heteroatoms. The molecule has 6 nitrogen and oxygen atoms in total. The van der Waals surface area contributed by atoms with E-state index in [1.54, 1.807) is 20.0 Å². The first-order valence-electron chi connectivity index (χ1n) is 11.3. The van der Waals surface area contributed by atoms with Crippen molar-refractivity contribution in [1.29, 1.82) is 0 Å². The standard InChI is InChI=1S/C14H18N2O.C13H11F2N3/c1-4-13-9-14(15-17-13)12-7-5-11(6-8-12)10-16(2)3;1-3-10-11(7-16-2)18-13(17-10)8-5-4-6-9(14)12(8)15/h5-9H,4,10H2,1-3H3;3-7H,1-2H3/b;10-3+,16-7?. The highest BCUT2D eigenvalue weighted by atomic mass is 19.2. The Balaban J connectivity index is 0.000000196. The summed E-state index contributed by atoms with van der Waals surface area (Å²) in [6.45, 7) is 4.81. The van der Waals surface area contributed by atoms with Crippen LogP contribution in [0.25, 0.3) is 11.3 Å². The molecule has 1 aliphatic heterocycles. The SMILES string of the molecule is C/C=C1/N=C(c2cccc(F)c2F)N=C1C=NC.CCc1cc(-c2ccc(CN(C)C)cc2)no1. The minimum absolute atomic E-state index is 0.0499. The molecular formula is C27H29F2N5O. The van der Waals surface area contributed by atoms with Crippen LogP contribution in [0.5, 0.6) is 0 Å². The van der Waals surface area contributed by atoms with E-state index >= 15 is 0 Å². The fraction of sp³-hybridized carbons (Fsp3) is 0.259. The summed E-state index contributed by atoms with van der Waals surface area (Å²) in [7, 11) is 5.74. The monoisotopic (exact) mass is 477 g/mol. The Morgan fingerprint density at radius 1 is 1.06 bits per heavy atom. The molecule has 2 heterocycles. The van der Waals surface area contributed by atoms with Crippen molar-refractivity contribution in [1.82, 2.24) is 10.1 Å². The van der Waals surface area contributed by atoms with Crippen molar-refractivity contribution in [2.75, 3.05) is 21.1 Å². The molecule has 0 fully saturated rings. The molecule has 0 N–H and O–H groups in total. The second-order valence-electron chi connectivity index (χ2n) is 8.06. The average Bonchev–Trinajstić information content (AvgIpc) is 3.49. The fourth-order valence-electron chi connectivity index (χ4n) is 3.36. The summed E-state index contributed by atoms with van der Waals surface area (Å²) < 4.78 is 32.0. The summed E-state index contributed by atoms with van der Waals surface area (Å²) in [5.41, 5.74) is 4.51. The summed E-state index contributed by atoms with van der Waals surface area (Å²) in [6.07, 6.45) is 4.15. The second kappa shape index (κ2) is 12.1. The number of nitrogens with zero attached hydrogens (tertiary/aromatic N) is 5. The van der Waals surface area contributed by atoms with Gasteiger partial charge in [0.05, 0.1) is 11.3 Å². The van der Waals surface area contributed by atoms with Crippen LogP contribution < -0.4 is 0 Å². The molecule has 0 radical (unpaired) electrons. The molecule has 2 aromatic carbocycles. The third-order valence-electron chi connectivity index (χ3n) is 5.09. The number of amidine groups is 1. The number of allylic oxidation sites excluding steroid dienone is 2. The highest BCUT2D eigenvalue weighted by Gasteiger charge is 2.19. The number of rotatable bonds is 6. The van der Waals surface area contributed by atoms with Gasteiger partial charge in [0.25, 0.3) is 0 Å². The molecule has 35 heavy (non-hydrogen) atoms. The van der Waals surface area contributed by atoms with Crippen molar-refractivity contribution < 1.29 is 13.3 Å². The quantitative estimate of drug-likeness (QED) is 0.426. The number of hydrogen-bond donors (Lipinski definition) is 0. The number of hydrogen-bond acceptors (Lipinski definition) is 6. The van der Waals surface area contributed by atoms with Gasteiger partial charge in [-0.3, -0.25) is 4.99 Å². The molecule has 1 aliphatic rings. The average molecular weight is 478 g/mol. The van der Waals surface area contributed by atoms with Gasteiger partial charge in [0, 0.05) is 37.9 Å². The first kappa shape index (κ1) is 25.8. The van der Waals surface area contributed by atoms with Gasteiger partial charge in [-0.25, -0.2) is 18.8 Å². The van der Waals surface area contributed by atoms with Gasteiger partial charge in [-0.1, -0.05) is 48.5 Å². The molecule has 0 saturated carbocycles. The zero-order chi connectivity index (χ0) is 25.4. The van der Waals surface area contributed by atoms with Crippen LogP contribution in [0.15, 0.2) is 79.8 Å². The lowest BCUT2D eigenvalue weighted by Crippen LogP contribution is -2.10. The van der Waals surface area contributed by atoms with Crippen molar-refractivity contribution in [3.8, 4) is 11.3 Å². The lowest BCUT2D eigenvalue weighted by molar-refractivity contribution is 0.389. The van der Waals surface area contributed by atoms with Crippen LogP contribution in [0.4, 0.5) is 8.78 Å². The Morgan fingerprint density at radius 3 is 2.40 bits per heavy atom. The normalized spacial score (nSPS) is 14.3. The molecule has 0 unspecified atom stereocenters. The number of aryl methyl sites for hydroxylation is 1. The number of halogens is 2. The predicted molar refractivity (Wildman–Crippen MR) is 137 cm³/mol. The molecule has 0 amide bonds. The Kier molecular flexibility index (Phi) is 8.92. The Morgan fingerprint density at radius 2 is 1.80 bits per heavy atom. The minimum atomic E-state index is -0.940. The molecule has 1 aromatic heterocycles.